The lowest BCUT2D eigenvalue weighted by Crippen LogP contribution is -2.21. The number of carbonyl (C=O) groups is 2. The zero-order valence-corrected chi connectivity index (χ0v) is 10.1. The van der Waals surface area contributed by atoms with Crippen LogP contribution >= 0.6 is 0 Å². The standard InChI is InChI=1S/C13H15NO3/c1-14(2)13(16)11-6-4-5-10(9-11)7-8-12(15)17-3/h4-9H,1-3H3/b8-7+. The van der Waals surface area contributed by atoms with Crippen LogP contribution in [0.15, 0.2) is 30.3 Å². The van der Waals surface area contributed by atoms with Gasteiger partial charge in [-0.3, -0.25) is 4.79 Å². The molecule has 17 heavy (non-hydrogen) atoms. The molecule has 0 atom stereocenters. The summed E-state index contributed by atoms with van der Waals surface area (Å²) in [4.78, 5) is 24.1. The smallest absolute Gasteiger partial charge is 0.330 e. The fourth-order valence-corrected chi connectivity index (χ4v) is 1.27. The third kappa shape index (κ3) is 3.75. The number of rotatable bonds is 3. The van der Waals surface area contributed by atoms with Gasteiger partial charge in [0.25, 0.3) is 5.91 Å². The molecule has 0 aromatic heterocycles. The van der Waals surface area contributed by atoms with Gasteiger partial charge in [-0.1, -0.05) is 12.1 Å². The van der Waals surface area contributed by atoms with E-state index in [1.807, 2.05) is 6.07 Å². The monoisotopic (exact) mass is 233 g/mol. The third-order valence-corrected chi connectivity index (χ3v) is 2.15. The highest BCUT2D eigenvalue weighted by atomic mass is 16.5. The van der Waals surface area contributed by atoms with Crippen LogP contribution in [0.1, 0.15) is 15.9 Å². The molecule has 0 heterocycles. The lowest BCUT2D eigenvalue weighted by atomic mass is 10.1. The van der Waals surface area contributed by atoms with Crippen molar-refractivity contribution in [1.82, 2.24) is 4.90 Å². The van der Waals surface area contributed by atoms with Gasteiger partial charge in [-0.15, -0.1) is 0 Å². The first-order chi connectivity index (χ1) is 8.04. The molecule has 0 aliphatic carbocycles. The molecule has 1 aromatic rings. The minimum absolute atomic E-state index is 0.0710. The van der Waals surface area contributed by atoms with Crippen molar-refractivity contribution in [2.45, 2.75) is 0 Å². The third-order valence-electron chi connectivity index (χ3n) is 2.15. The van der Waals surface area contributed by atoms with Crippen molar-refractivity contribution in [2.75, 3.05) is 21.2 Å². The molecule has 0 saturated heterocycles. The fraction of sp³-hybridized carbons (Fsp3) is 0.231. The Morgan fingerprint density at radius 3 is 2.59 bits per heavy atom. The molecule has 1 rings (SSSR count). The molecule has 1 aromatic carbocycles. The number of carbonyl (C=O) groups excluding carboxylic acids is 2. The Morgan fingerprint density at radius 1 is 1.29 bits per heavy atom. The number of ether oxygens (including phenoxy) is 1. The summed E-state index contributed by atoms with van der Waals surface area (Å²) in [6, 6.07) is 7.04. The second-order valence-electron chi connectivity index (χ2n) is 3.68. The van der Waals surface area contributed by atoms with E-state index < -0.39 is 5.97 Å². The molecule has 0 spiro atoms. The highest BCUT2D eigenvalue weighted by molar-refractivity contribution is 5.95. The maximum absolute atomic E-state index is 11.7. The lowest BCUT2D eigenvalue weighted by molar-refractivity contribution is -0.134. The van der Waals surface area contributed by atoms with Gasteiger partial charge in [0.2, 0.25) is 0 Å². The summed E-state index contributed by atoms with van der Waals surface area (Å²) in [5.74, 6) is -0.493. The van der Waals surface area contributed by atoms with Crippen molar-refractivity contribution in [3.63, 3.8) is 0 Å². The minimum atomic E-state index is -0.422. The summed E-state index contributed by atoms with van der Waals surface area (Å²) in [7, 11) is 4.71. The number of hydrogen-bond donors (Lipinski definition) is 0. The highest BCUT2D eigenvalue weighted by Gasteiger charge is 2.07. The summed E-state index contributed by atoms with van der Waals surface area (Å²) >= 11 is 0. The molecule has 0 bridgehead atoms. The summed E-state index contributed by atoms with van der Waals surface area (Å²) in [5.41, 5.74) is 1.37. The van der Waals surface area contributed by atoms with Gasteiger partial charge < -0.3 is 9.64 Å². The molecule has 0 aliphatic heterocycles. The van der Waals surface area contributed by atoms with Gasteiger partial charge >= 0.3 is 5.97 Å². The predicted octanol–water partition coefficient (Wildman–Crippen LogP) is 1.57. The van der Waals surface area contributed by atoms with E-state index in [0.29, 0.717) is 5.56 Å². The van der Waals surface area contributed by atoms with E-state index in [0.717, 1.165) is 5.56 Å². The number of hydrogen-bond acceptors (Lipinski definition) is 3. The van der Waals surface area contributed by atoms with Gasteiger partial charge in [0.05, 0.1) is 7.11 Å². The van der Waals surface area contributed by atoms with Gasteiger partial charge in [0.1, 0.15) is 0 Å². The van der Waals surface area contributed by atoms with E-state index in [-0.39, 0.29) is 5.91 Å². The van der Waals surface area contributed by atoms with Crippen LogP contribution < -0.4 is 0 Å². The topological polar surface area (TPSA) is 46.6 Å². The van der Waals surface area contributed by atoms with Crippen molar-refractivity contribution < 1.29 is 14.3 Å². The van der Waals surface area contributed by atoms with Gasteiger partial charge in [0, 0.05) is 25.7 Å². The maximum Gasteiger partial charge on any atom is 0.330 e. The Bertz CT molecular complexity index is 450. The van der Waals surface area contributed by atoms with Gasteiger partial charge in [0.15, 0.2) is 0 Å². The second-order valence-corrected chi connectivity index (χ2v) is 3.68. The van der Waals surface area contributed by atoms with Gasteiger partial charge in [-0.2, -0.15) is 0 Å². The molecular formula is C13H15NO3. The normalized spacial score (nSPS) is 10.3. The van der Waals surface area contributed by atoms with E-state index in [1.165, 1.54) is 18.1 Å². The molecule has 0 unspecified atom stereocenters. The second kappa shape index (κ2) is 5.84. The first kappa shape index (κ1) is 13.0. The number of benzene rings is 1. The van der Waals surface area contributed by atoms with E-state index in [9.17, 15) is 9.59 Å². The average molecular weight is 233 g/mol. The molecule has 0 saturated carbocycles. The first-order valence-corrected chi connectivity index (χ1v) is 5.12. The molecule has 0 fully saturated rings. The molecule has 0 N–H and O–H groups in total. The van der Waals surface area contributed by atoms with Crippen molar-refractivity contribution in [1.29, 1.82) is 0 Å². The van der Waals surface area contributed by atoms with Crippen LogP contribution in [0.2, 0.25) is 0 Å². The molecule has 4 nitrogen and oxygen atoms in total. The average Bonchev–Trinajstić information content (AvgIpc) is 2.35. The summed E-state index contributed by atoms with van der Waals surface area (Å²) in [6.45, 7) is 0. The molecule has 1 amide bonds. The quantitative estimate of drug-likeness (QED) is 0.588. The molecule has 4 heteroatoms. The Hall–Kier alpha value is -2.10. The Morgan fingerprint density at radius 2 is 2.00 bits per heavy atom. The van der Waals surface area contributed by atoms with Crippen molar-refractivity contribution in [3.8, 4) is 0 Å². The van der Waals surface area contributed by atoms with Crippen LogP contribution in [-0.2, 0) is 9.53 Å². The van der Waals surface area contributed by atoms with Crippen LogP contribution in [0.25, 0.3) is 6.08 Å². The lowest BCUT2D eigenvalue weighted by Gasteiger charge is -2.10. The van der Waals surface area contributed by atoms with Crippen molar-refractivity contribution >= 4 is 18.0 Å². The Kier molecular flexibility index (Phi) is 4.46. The zero-order chi connectivity index (χ0) is 12.8. The van der Waals surface area contributed by atoms with Gasteiger partial charge in [-0.25, -0.2) is 4.79 Å². The predicted molar refractivity (Wildman–Crippen MR) is 65.5 cm³/mol. The van der Waals surface area contributed by atoms with E-state index >= 15 is 0 Å². The first-order valence-electron chi connectivity index (χ1n) is 5.12. The number of nitrogens with zero attached hydrogens (tertiary/aromatic N) is 1. The summed E-state index contributed by atoms with van der Waals surface area (Å²) < 4.78 is 4.49. The Balaban J connectivity index is 2.90. The molecule has 0 radical (unpaired) electrons. The van der Waals surface area contributed by atoms with Crippen LogP contribution in [0.5, 0.6) is 0 Å². The molecular weight excluding hydrogens is 218 g/mol. The summed E-state index contributed by atoms with van der Waals surface area (Å²) in [5, 5.41) is 0. The summed E-state index contributed by atoms with van der Waals surface area (Å²) in [6.07, 6.45) is 2.93. The van der Waals surface area contributed by atoms with Gasteiger partial charge in [-0.05, 0) is 23.8 Å². The van der Waals surface area contributed by atoms with Crippen LogP contribution in [0.4, 0.5) is 0 Å². The largest absolute Gasteiger partial charge is 0.466 e. The number of esters is 1. The Labute approximate surface area is 100 Å². The maximum atomic E-state index is 11.7. The van der Waals surface area contributed by atoms with E-state index in [1.54, 1.807) is 38.4 Å². The minimum Gasteiger partial charge on any atom is -0.466 e. The zero-order valence-electron chi connectivity index (χ0n) is 10.1. The number of methoxy groups -OCH3 is 1. The molecule has 90 valence electrons. The van der Waals surface area contributed by atoms with Crippen molar-refractivity contribution in [2.24, 2.45) is 0 Å². The van der Waals surface area contributed by atoms with Crippen LogP contribution in [-0.4, -0.2) is 38.0 Å². The van der Waals surface area contributed by atoms with E-state index in [2.05, 4.69) is 4.74 Å². The van der Waals surface area contributed by atoms with Crippen molar-refractivity contribution in [3.05, 3.63) is 41.5 Å². The van der Waals surface area contributed by atoms with Crippen LogP contribution in [0, 0.1) is 0 Å². The highest BCUT2D eigenvalue weighted by Crippen LogP contribution is 2.08. The SMILES string of the molecule is COC(=O)/C=C/c1cccc(C(=O)N(C)C)c1. The number of amides is 1. The fourth-order valence-electron chi connectivity index (χ4n) is 1.27. The van der Waals surface area contributed by atoms with E-state index in [4.69, 9.17) is 0 Å². The molecule has 0 aliphatic rings. The van der Waals surface area contributed by atoms with Crippen LogP contribution in [0.3, 0.4) is 0 Å².